The summed E-state index contributed by atoms with van der Waals surface area (Å²) < 4.78 is 7.17. The van der Waals surface area contributed by atoms with Gasteiger partial charge < -0.3 is 4.74 Å². The molecule has 0 saturated carbocycles. The predicted octanol–water partition coefficient (Wildman–Crippen LogP) is 3.82. The van der Waals surface area contributed by atoms with Gasteiger partial charge in [0, 0.05) is 13.1 Å². The molecule has 106 valence electrons. The molecule has 0 fully saturated rings. The Labute approximate surface area is 125 Å². The Kier molecular flexibility index (Phi) is 4.15. The molecule has 1 aromatic heterocycles. The molecular weight excluding hydrogens is 305 g/mol. The number of nitro groups is 1. The lowest BCUT2D eigenvalue weighted by molar-refractivity contribution is -0.384. The molecule has 0 aliphatic heterocycles. The van der Waals surface area contributed by atoms with E-state index in [1.807, 2.05) is 0 Å². The Morgan fingerprint density at radius 3 is 2.80 bits per heavy atom. The predicted molar refractivity (Wildman–Crippen MR) is 75.7 cm³/mol. The van der Waals surface area contributed by atoms with E-state index in [0.717, 1.165) is 11.3 Å². The first-order chi connectivity index (χ1) is 9.43. The molecule has 0 atom stereocenters. The maximum atomic E-state index is 10.8. The first-order valence-electron chi connectivity index (χ1n) is 5.64. The van der Waals surface area contributed by atoms with Gasteiger partial charge >= 0.3 is 0 Å². The average molecular weight is 316 g/mol. The summed E-state index contributed by atoms with van der Waals surface area (Å²) in [6.45, 7) is 1.81. The van der Waals surface area contributed by atoms with Crippen LogP contribution in [0.25, 0.3) is 0 Å². The SMILES string of the molecule is Cc1nn(C)c(Oc2cc([N+](=O)[O-])ccc2Cl)c1CCl. The zero-order valence-corrected chi connectivity index (χ0v) is 12.3. The number of halogens is 2. The van der Waals surface area contributed by atoms with Gasteiger partial charge in [0.1, 0.15) is 0 Å². The number of nitrogens with zero attached hydrogens (tertiary/aromatic N) is 3. The third-order valence-electron chi connectivity index (χ3n) is 2.75. The average Bonchev–Trinajstić information content (AvgIpc) is 2.66. The summed E-state index contributed by atoms with van der Waals surface area (Å²) in [4.78, 5) is 10.3. The van der Waals surface area contributed by atoms with Crippen LogP contribution < -0.4 is 4.74 Å². The van der Waals surface area contributed by atoms with Crippen LogP contribution in [-0.2, 0) is 12.9 Å². The number of benzene rings is 1. The quantitative estimate of drug-likeness (QED) is 0.488. The summed E-state index contributed by atoms with van der Waals surface area (Å²) >= 11 is 11.9. The molecule has 2 aromatic rings. The second-order valence-corrected chi connectivity index (χ2v) is 4.77. The lowest BCUT2D eigenvalue weighted by atomic mass is 10.3. The Balaban J connectivity index is 2.44. The zero-order valence-electron chi connectivity index (χ0n) is 10.8. The smallest absolute Gasteiger partial charge is 0.273 e. The fraction of sp³-hybridized carbons (Fsp3) is 0.250. The standard InChI is InChI=1S/C12H11Cl2N3O3/c1-7-9(6-13)12(16(2)15-7)20-11-5-8(17(18)19)3-4-10(11)14/h3-5H,6H2,1-2H3. The van der Waals surface area contributed by atoms with Crippen LogP contribution in [0.1, 0.15) is 11.3 Å². The van der Waals surface area contributed by atoms with Gasteiger partial charge in [0.25, 0.3) is 5.69 Å². The zero-order chi connectivity index (χ0) is 14.9. The van der Waals surface area contributed by atoms with Crippen molar-refractivity contribution in [2.75, 3.05) is 0 Å². The molecule has 0 N–H and O–H groups in total. The normalized spacial score (nSPS) is 10.6. The fourth-order valence-corrected chi connectivity index (χ4v) is 2.21. The molecule has 0 unspecified atom stereocenters. The highest BCUT2D eigenvalue weighted by Crippen LogP contribution is 2.35. The van der Waals surface area contributed by atoms with Crippen LogP contribution in [0.15, 0.2) is 18.2 Å². The maximum absolute atomic E-state index is 10.8. The van der Waals surface area contributed by atoms with Crippen LogP contribution in [0.4, 0.5) is 5.69 Å². The topological polar surface area (TPSA) is 70.2 Å². The molecule has 0 radical (unpaired) electrons. The van der Waals surface area contributed by atoms with E-state index in [1.54, 1.807) is 14.0 Å². The fourth-order valence-electron chi connectivity index (χ4n) is 1.75. The van der Waals surface area contributed by atoms with E-state index in [-0.39, 0.29) is 22.3 Å². The second-order valence-electron chi connectivity index (χ2n) is 4.10. The van der Waals surface area contributed by atoms with E-state index in [4.69, 9.17) is 27.9 Å². The van der Waals surface area contributed by atoms with Crippen LogP contribution in [-0.4, -0.2) is 14.7 Å². The Hall–Kier alpha value is -1.79. The minimum absolute atomic E-state index is 0.101. The van der Waals surface area contributed by atoms with E-state index in [1.165, 1.54) is 22.9 Å². The third-order valence-corrected chi connectivity index (χ3v) is 3.33. The molecule has 0 amide bonds. The van der Waals surface area contributed by atoms with Crippen LogP contribution in [0.2, 0.25) is 5.02 Å². The van der Waals surface area contributed by atoms with Crippen LogP contribution in [0.5, 0.6) is 11.6 Å². The van der Waals surface area contributed by atoms with Crippen molar-refractivity contribution in [1.29, 1.82) is 0 Å². The first kappa shape index (κ1) is 14.6. The summed E-state index contributed by atoms with van der Waals surface area (Å²) in [5, 5.41) is 15.2. The number of nitro benzene ring substituents is 1. The van der Waals surface area contributed by atoms with E-state index >= 15 is 0 Å². The summed E-state index contributed by atoms with van der Waals surface area (Å²) in [6.07, 6.45) is 0. The van der Waals surface area contributed by atoms with Gasteiger partial charge in [-0.15, -0.1) is 11.6 Å². The second kappa shape index (κ2) is 5.68. The number of non-ortho nitro benzene ring substituents is 1. The largest absolute Gasteiger partial charge is 0.437 e. The number of hydrogen-bond acceptors (Lipinski definition) is 4. The molecule has 0 aliphatic carbocycles. The Bertz CT molecular complexity index is 670. The van der Waals surface area contributed by atoms with Crippen molar-refractivity contribution >= 4 is 28.9 Å². The van der Waals surface area contributed by atoms with E-state index in [9.17, 15) is 10.1 Å². The first-order valence-corrected chi connectivity index (χ1v) is 6.55. The van der Waals surface area contributed by atoms with Crippen LogP contribution >= 0.6 is 23.2 Å². The van der Waals surface area contributed by atoms with Gasteiger partial charge in [-0.25, -0.2) is 4.68 Å². The highest BCUT2D eigenvalue weighted by atomic mass is 35.5. The van der Waals surface area contributed by atoms with Crippen LogP contribution in [0.3, 0.4) is 0 Å². The van der Waals surface area contributed by atoms with Crippen molar-refractivity contribution < 1.29 is 9.66 Å². The Morgan fingerprint density at radius 2 is 2.20 bits per heavy atom. The number of hydrogen-bond donors (Lipinski definition) is 0. The van der Waals surface area contributed by atoms with Gasteiger partial charge in [-0.2, -0.15) is 5.10 Å². The minimum Gasteiger partial charge on any atom is -0.437 e. The number of alkyl halides is 1. The molecule has 1 aromatic carbocycles. The van der Waals surface area contributed by atoms with Crippen molar-refractivity contribution in [3.63, 3.8) is 0 Å². The minimum atomic E-state index is -0.514. The molecule has 0 aliphatic rings. The number of aromatic nitrogens is 2. The van der Waals surface area contributed by atoms with Crippen molar-refractivity contribution in [2.24, 2.45) is 7.05 Å². The van der Waals surface area contributed by atoms with Crippen molar-refractivity contribution in [1.82, 2.24) is 9.78 Å². The van der Waals surface area contributed by atoms with Gasteiger partial charge in [-0.05, 0) is 13.0 Å². The molecule has 0 saturated heterocycles. The van der Waals surface area contributed by atoms with E-state index < -0.39 is 4.92 Å². The van der Waals surface area contributed by atoms with E-state index in [2.05, 4.69) is 5.10 Å². The van der Waals surface area contributed by atoms with Gasteiger partial charge in [0.05, 0.1) is 33.1 Å². The highest BCUT2D eigenvalue weighted by Gasteiger charge is 2.18. The molecule has 20 heavy (non-hydrogen) atoms. The van der Waals surface area contributed by atoms with Gasteiger partial charge in [0.2, 0.25) is 5.88 Å². The van der Waals surface area contributed by atoms with Gasteiger partial charge in [-0.1, -0.05) is 11.6 Å². The van der Waals surface area contributed by atoms with Crippen molar-refractivity contribution in [3.8, 4) is 11.6 Å². The van der Waals surface area contributed by atoms with Crippen molar-refractivity contribution in [3.05, 3.63) is 44.6 Å². The molecular formula is C12H11Cl2N3O3. The molecule has 8 heteroatoms. The number of ether oxygens (including phenoxy) is 1. The number of aryl methyl sites for hydroxylation is 2. The molecule has 1 heterocycles. The molecule has 0 spiro atoms. The lowest BCUT2D eigenvalue weighted by Crippen LogP contribution is -1.97. The summed E-state index contributed by atoms with van der Waals surface area (Å²) in [5.41, 5.74) is 1.35. The summed E-state index contributed by atoms with van der Waals surface area (Å²) in [7, 11) is 1.70. The summed E-state index contributed by atoms with van der Waals surface area (Å²) in [5.74, 6) is 0.830. The Morgan fingerprint density at radius 1 is 1.50 bits per heavy atom. The summed E-state index contributed by atoms with van der Waals surface area (Å²) in [6, 6.07) is 3.99. The highest BCUT2D eigenvalue weighted by molar-refractivity contribution is 6.32. The number of rotatable bonds is 4. The molecule has 6 nitrogen and oxygen atoms in total. The van der Waals surface area contributed by atoms with Crippen molar-refractivity contribution in [2.45, 2.75) is 12.8 Å². The lowest BCUT2D eigenvalue weighted by Gasteiger charge is -2.09. The maximum Gasteiger partial charge on any atom is 0.273 e. The third kappa shape index (κ3) is 2.71. The molecule has 0 bridgehead atoms. The monoisotopic (exact) mass is 315 g/mol. The van der Waals surface area contributed by atoms with Gasteiger partial charge in [0.15, 0.2) is 5.75 Å². The van der Waals surface area contributed by atoms with Gasteiger partial charge in [-0.3, -0.25) is 10.1 Å². The van der Waals surface area contributed by atoms with E-state index in [0.29, 0.717) is 5.88 Å². The van der Waals surface area contributed by atoms with Crippen LogP contribution in [0, 0.1) is 17.0 Å². The molecule has 2 rings (SSSR count).